The van der Waals surface area contributed by atoms with Crippen molar-refractivity contribution in [3.63, 3.8) is 0 Å². The van der Waals surface area contributed by atoms with Gasteiger partial charge in [0, 0.05) is 10.7 Å². The third kappa shape index (κ3) is 3.11. The second-order valence-electron chi connectivity index (χ2n) is 3.80. The van der Waals surface area contributed by atoms with Crippen molar-refractivity contribution < 1.29 is 4.39 Å². The summed E-state index contributed by atoms with van der Waals surface area (Å²) >= 11 is 3.22. The first-order valence-corrected chi connectivity index (χ1v) is 6.06. The van der Waals surface area contributed by atoms with Crippen molar-refractivity contribution in [3.05, 3.63) is 64.1 Å². The largest absolute Gasteiger partial charge is 0.322 e. The van der Waals surface area contributed by atoms with E-state index in [1.54, 1.807) is 12.3 Å². The maximum Gasteiger partial charge on any atom is 0.127 e. The summed E-state index contributed by atoms with van der Waals surface area (Å²) < 4.78 is 14.3. The van der Waals surface area contributed by atoms with Crippen molar-refractivity contribution in [3.8, 4) is 0 Å². The van der Waals surface area contributed by atoms with E-state index in [9.17, 15) is 4.39 Å². The lowest BCUT2D eigenvalue weighted by Gasteiger charge is -2.11. The van der Waals surface area contributed by atoms with Crippen LogP contribution in [-0.4, -0.2) is 4.98 Å². The van der Waals surface area contributed by atoms with Crippen LogP contribution >= 0.6 is 15.9 Å². The first kappa shape index (κ1) is 12.2. The lowest BCUT2D eigenvalue weighted by Crippen LogP contribution is -2.15. The molecule has 4 heteroatoms. The zero-order valence-corrected chi connectivity index (χ0v) is 10.7. The average molecular weight is 295 g/mol. The molecule has 2 nitrogen and oxygen atoms in total. The third-order valence-corrected chi connectivity index (χ3v) is 3.02. The molecule has 1 aromatic carbocycles. The first-order chi connectivity index (χ1) is 8.16. The van der Waals surface area contributed by atoms with Crippen LogP contribution in [0.5, 0.6) is 0 Å². The molecule has 17 heavy (non-hydrogen) atoms. The van der Waals surface area contributed by atoms with E-state index in [1.807, 2.05) is 24.3 Å². The molecule has 2 rings (SSSR count). The number of benzene rings is 1. The van der Waals surface area contributed by atoms with Gasteiger partial charge in [-0.3, -0.25) is 4.98 Å². The number of rotatable bonds is 3. The molecule has 0 amide bonds. The Morgan fingerprint density at radius 3 is 2.76 bits per heavy atom. The number of hydrogen-bond acceptors (Lipinski definition) is 2. The van der Waals surface area contributed by atoms with Crippen molar-refractivity contribution in [1.82, 2.24) is 4.98 Å². The monoisotopic (exact) mass is 294 g/mol. The number of hydrogen-bond donors (Lipinski definition) is 1. The molecule has 0 saturated carbocycles. The van der Waals surface area contributed by atoms with Crippen LogP contribution < -0.4 is 5.73 Å². The highest BCUT2D eigenvalue weighted by atomic mass is 79.9. The van der Waals surface area contributed by atoms with Gasteiger partial charge in [0.2, 0.25) is 0 Å². The Labute approximate surface area is 108 Å². The molecule has 0 bridgehead atoms. The van der Waals surface area contributed by atoms with Crippen LogP contribution in [0.4, 0.5) is 4.39 Å². The van der Waals surface area contributed by atoms with Gasteiger partial charge in [0.05, 0.1) is 11.7 Å². The molecule has 2 N–H and O–H groups in total. The van der Waals surface area contributed by atoms with Crippen molar-refractivity contribution in [2.24, 2.45) is 5.73 Å². The van der Waals surface area contributed by atoms with Gasteiger partial charge in [0.1, 0.15) is 5.82 Å². The summed E-state index contributed by atoms with van der Waals surface area (Å²) in [5.74, 6) is -0.245. The van der Waals surface area contributed by atoms with Gasteiger partial charge in [-0.05, 0) is 36.2 Å². The minimum absolute atomic E-state index is 0.245. The molecular formula is C13H12BrFN2. The molecule has 1 aromatic heterocycles. The van der Waals surface area contributed by atoms with Crippen LogP contribution in [0, 0.1) is 5.82 Å². The van der Waals surface area contributed by atoms with E-state index in [4.69, 9.17) is 5.73 Å². The van der Waals surface area contributed by atoms with E-state index in [0.717, 1.165) is 10.2 Å². The number of halogens is 2. The average Bonchev–Trinajstić information content (AvgIpc) is 2.34. The summed E-state index contributed by atoms with van der Waals surface area (Å²) in [6.45, 7) is 0. The molecule has 1 atom stereocenters. The topological polar surface area (TPSA) is 38.9 Å². The van der Waals surface area contributed by atoms with E-state index in [0.29, 0.717) is 12.0 Å². The van der Waals surface area contributed by atoms with E-state index < -0.39 is 0 Å². The van der Waals surface area contributed by atoms with Crippen LogP contribution in [0.1, 0.15) is 17.3 Å². The molecule has 0 aliphatic heterocycles. The van der Waals surface area contributed by atoms with E-state index in [-0.39, 0.29) is 11.9 Å². The van der Waals surface area contributed by atoms with E-state index in [1.165, 1.54) is 6.07 Å². The predicted octanol–water partition coefficient (Wildman–Crippen LogP) is 3.23. The number of aromatic nitrogens is 1. The van der Waals surface area contributed by atoms with Crippen molar-refractivity contribution in [2.75, 3.05) is 0 Å². The summed E-state index contributed by atoms with van der Waals surface area (Å²) in [4.78, 5) is 4.17. The van der Waals surface area contributed by atoms with Crippen LogP contribution in [0.15, 0.2) is 47.1 Å². The predicted molar refractivity (Wildman–Crippen MR) is 69.0 cm³/mol. The minimum atomic E-state index is -0.285. The van der Waals surface area contributed by atoms with Crippen molar-refractivity contribution in [1.29, 1.82) is 0 Å². The molecule has 0 fully saturated rings. The molecule has 1 unspecified atom stereocenters. The normalized spacial score (nSPS) is 12.4. The van der Waals surface area contributed by atoms with Crippen molar-refractivity contribution >= 4 is 15.9 Å². The second kappa shape index (κ2) is 5.38. The van der Waals surface area contributed by atoms with Crippen LogP contribution in [0.3, 0.4) is 0 Å². The lowest BCUT2D eigenvalue weighted by atomic mass is 10.0. The van der Waals surface area contributed by atoms with Gasteiger partial charge in [0.25, 0.3) is 0 Å². The standard InChI is InChI=1S/C13H12BrFN2/c14-10-5-4-9(11(15)8-10)7-12(16)13-3-1-2-6-17-13/h1-6,8,12H,7,16H2. The molecule has 2 aromatic rings. The zero-order chi connectivity index (χ0) is 12.3. The Hall–Kier alpha value is -1.26. The fourth-order valence-electron chi connectivity index (χ4n) is 1.62. The molecule has 0 aliphatic rings. The fraction of sp³-hybridized carbons (Fsp3) is 0.154. The summed E-state index contributed by atoms with van der Waals surface area (Å²) in [6, 6.07) is 10.3. The Morgan fingerprint density at radius 2 is 2.12 bits per heavy atom. The minimum Gasteiger partial charge on any atom is -0.322 e. The highest BCUT2D eigenvalue weighted by molar-refractivity contribution is 9.10. The Morgan fingerprint density at radius 1 is 1.29 bits per heavy atom. The summed E-state index contributed by atoms with van der Waals surface area (Å²) in [5.41, 5.74) is 7.37. The highest BCUT2D eigenvalue weighted by Crippen LogP contribution is 2.19. The summed E-state index contributed by atoms with van der Waals surface area (Å²) in [7, 11) is 0. The zero-order valence-electron chi connectivity index (χ0n) is 9.11. The highest BCUT2D eigenvalue weighted by Gasteiger charge is 2.11. The van der Waals surface area contributed by atoms with Gasteiger partial charge in [-0.1, -0.05) is 28.1 Å². The third-order valence-electron chi connectivity index (χ3n) is 2.52. The van der Waals surface area contributed by atoms with E-state index in [2.05, 4.69) is 20.9 Å². The molecule has 0 spiro atoms. The molecule has 88 valence electrons. The van der Waals surface area contributed by atoms with Gasteiger partial charge >= 0.3 is 0 Å². The van der Waals surface area contributed by atoms with Crippen molar-refractivity contribution in [2.45, 2.75) is 12.5 Å². The smallest absolute Gasteiger partial charge is 0.127 e. The summed E-state index contributed by atoms with van der Waals surface area (Å²) in [5, 5.41) is 0. The molecule has 0 saturated heterocycles. The van der Waals surface area contributed by atoms with Gasteiger partial charge in [0.15, 0.2) is 0 Å². The van der Waals surface area contributed by atoms with E-state index >= 15 is 0 Å². The second-order valence-corrected chi connectivity index (χ2v) is 4.72. The Bertz CT molecular complexity index is 502. The summed E-state index contributed by atoms with van der Waals surface area (Å²) in [6.07, 6.45) is 2.13. The number of pyridine rings is 1. The SMILES string of the molecule is NC(Cc1ccc(Br)cc1F)c1ccccn1. The van der Waals surface area contributed by atoms with Gasteiger partial charge in [-0.25, -0.2) is 4.39 Å². The molecular weight excluding hydrogens is 283 g/mol. The van der Waals surface area contributed by atoms with Crippen LogP contribution in [0.25, 0.3) is 0 Å². The quantitative estimate of drug-likeness (QED) is 0.944. The maximum atomic E-state index is 13.6. The maximum absolute atomic E-state index is 13.6. The van der Waals surface area contributed by atoms with Crippen LogP contribution in [0.2, 0.25) is 0 Å². The molecule has 0 aliphatic carbocycles. The molecule has 0 radical (unpaired) electrons. The lowest BCUT2D eigenvalue weighted by molar-refractivity contribution is 0.589. The Balaban J connectivity index is 2.16. The van der Waals surface area contributed by atoms with Gasteiger partial charge in [-0.15, -0.1) is 0 Å². The fourth-order valence-corrected chi connectivity index (χ4v) is 1.96. The number of nitrogens with two attached hydrogens (primary N) is 1. The first-order valence-electron chi connectivity index (χ1n) is 5.27. The Kier molecular flexibility index (Phi) is 3.86. The molecule has 1 heterocycles. The van der Waals surface area contributed by atoms with Gasteiger partial charge < -0.3 is 5.73 Å². The van der Waals surface area contributed by atoms with Gasteiger partial charge in [-0.2, -0.15) is 0 Å². The van der Waals surface area contributed by atoms with Crippen LogP contribution in [-0.2, 0) is 6.42 Å². The number of nitrogens with zero attached hydrogens (tertiary/aromatic N) is 1.